The molecule has 1 aliphatic heterocycles. The molecule has 1 atom stereocenters. The lowest BCUT2D eigenvalue weighted by Gasteiger charge is -2.25. The summed E-state index contributed by atoms with van der Waals surface area (Å²) in [7, 11) is 3.94. The van der Waals surface area contributed by atoms with Crippen molar-refractivity contribution < 1.29 is 9.53 Å². The monoisotopic (exact) mass is 541 g/mol. The van der Waals surface area contributed by atoms with Crippen LogP contribution in [0, 0.1) is 13.8 Å². The van der Waals surface area contributed by atoms with Crippen molar-refractivity contribution in [3.8, 4) is 5.69 Å². The lowest BCUT2D eigenvalue weighted by molar-refractivity contribution is -0.139. The van der Waals surface area contributed by atoms with Crippen molar-refractivity contribution >= 4 is 29.1 Å². The van der Waals surface area contributed by atoms with E-state index in [0.29, 0.717) is 20.6 Å². The fourth-order valence-corrected chi connectivity index (χ4v) is 5.91. The van der Waals surface area contributed by atoms with Gasteiger partial charge in [0.25, 0.3) is 5.56 Å². The zero-order valence-electron chi connectivity index (χ0n) is 22.9. The number of hydrogen-bond donors (Lipinski definition) is 0. The van der Waals surface area contributed by atoms with E-state index in [1.807, 2.05) is 98.2 Å². The number of ether oxygens (including phenoxy) is 1. The van der Waals surface area contributed by atoms with Crippen molar-refractivity contribution in [2.45, 2.75) is 33.7 Å². The Morgan fingerprint density at radius 2 is 1.77 bits per heavy atom. The van der Waals surface area contributed by atoms with E-state index < -0.39 is 12.0 Å². The van der Waals surface area contributed by atoms with Crippen LogP contribution < -0.4 is 19.8 Å². The Kier molecular flexibility index (Phi) is 7.10. The Labute approximate surface area is 230 Å². The summed E-state index contributed by atoms with van der Waals surface area (Å²) in [5.41, 5.74) is 6.14. The van der Waals surface area contributed by atoms with Crippen molar-refractivity contribution in [3.05, 3.63) is 108 Å². The van der Waals surface area contributed by atoms with Crippen molar-refractivity contribution in [1.82, 2.24) is 14.3 Å². The van der Waals surface area contributed by atoms with Crippen LogP contribution in [-0.2, 0) is 9.53 Å². The summed E-state index contributed by atoms with van der Waals surface area (Å²) in [5, 5.41) is 4.73. The standard InChI is InChI=1S/C30H31N5O3S/c1-7-38-29(37)26-19(3)31-30-34(27(26)21-13-15-22(16-14-21)33(5)6)28(36)25(39-30)17-24-18(2)32-35(20(24)4)23-11-9-8-10-12-23/h8-17,27H,7H2,1-6H3/t27-/m1/s1. The van der Waals surface area contributed by atoms with Crippen molar-refractivity contribution in [1.29, 1.82) is 0 Å². The minimum atomic E-state index is -0.645. The molecule has 0 amide bonds. The zero-order valence-corrected chi connectivity index (χ0v) is 23.7. The summed E-state index contributed by atoms with van der Waals surface area (Å²) in [5.74, 6) is -0.467. The number of rotatable bonds is 6. The van der Waals surface area contributed by atoms with Gasteiger partial charge in [0.2, 0.25) is 0 Å². The Morgan fingerprint density at radius 3 is 2.41 bits per heavy atom. The van der Waals surface area contributed by atoms with Gasteiger partial charge in [-0.1, -0.05) is 41.7 Å². The van der Waals surface area contributed by atoms with Gasteiger partial charge >= 0.3 is 5.97 Å². The van der Waals surface area contributed by atoms with Gasteiger partial charge in [-0.15, -0.1) is 0 Å². The molecule has 1 aliphatic rings. The number of esters is 1. The lowest BCUT2D eigenvalue weighted by atomic mass is 9.95. The second-order valence-corrected chi connectivity index (χ2v) is 10.6. The third-order valence-corrected chi connectivity index (χ3v) is 7.85. The number of carbonyl (C=O) groups is 1. The van der Waals surface area contributed by atoms with Crippen LogP contribution in [-0.4, -0.2) is 41.0 Å². The summed E-state index contributed by atoms with van der Waals surface area (Å²) in [4.78, 5) is 34.3. The molecule has 3 heterocycles. The van der Waals surface area contributed by atoms with E-state index in [-0.39, 0.29) is 12.2 Å². The van der Waals surface area contributed by atoms with Crippen LogP contribution in [0.5, 0.6) is 0 Å². The van der Waals surface area contributed by atoms with Crippen molar-refractivity contribution in [2.24, 2.45) is 4.99 Å². The number of benzene rings is 2. The molecule has 0 aliphatic carbocycles. The number of para-hydroxylation sites is 1. The number of carbonyl (C=O) groups excluding carboxylic acids is 1. The third-order valence-electron chi connectivity index (χ3n) is 6.87. The molecular formula is C30H31N5O3S. The van der Waals surface area contributed by atoms with E-state index in [4.69, 9.17) is 9.84 Å². The summed E-state index contributed by atoms with van der Waals surface area (Å²) >= 11 is 1.31. The molecule has 0 unspecified atom stereocenters. The Hall–Kier alpha value is -4.24. The topological polar surface area (TPSA) is 81.7 Å². The zero-order chi connectivity index (χ0) is 27.8. The molecule has 200 valence electrons. The number of anilines is 1. The highest BCUT2D eigenvalue weighted by molar-refractivity contribution is 7.07. The Morgan fingerprint density at radius 1 is 1.08 bits per heavy atom. The second-order valence-electron chi connectivity index (χ2n) is 9.62. The number of fused-ring (bicyclic) bond motifs is 1. The number of hydrogen-bond acceptors (Lipinski definition) is 7. The minimum Gasteiger partial charge on any atom is -0.463 e. The van der Waals surface area contributed by atoms with Gasteiger partial charge in [-0.05, 0) is 63.6 Å². The molecule has 9 heteroatoms. The molecular weight excluding hydrogens is 510 g/mol. The maximum absolute atomic E-state index is 14.0. The van der Waals surface area contributed by atoms with Crippen LogP contribution in [0.3, 0.4) is 0 Å². The molecule has 0 N–H and O–H groups in total. The molecule has 0 bridgehead atoms. The van der Waals surface area contributed by atoms with Gasteiger partial charge in [-0.3, -0.25) is 9.36 Å². The quantitative estimate of drug-likeness (QED) is 0.348. The van der Waals surface area contributed by atoms with E-state index >= 15 is 0 Å². The maximum atomic E-state index is 14.0. The van der Waals surface area contributed by atoms with Gasteiger partial charge < -0.3 is 9.64 Å². The lowest BCUT2D eigenvalue weighted by Crippen LogP contribution is -2.40. The molecule has 0 fully saturated rings. The molecule has 0 radical (unpaired) electrons. The minimum absolute atomic E-state index is 0.207. The van der Waals surface area contributed by atoms with Gasteiger partial charge in [0.1, 0.15) is 0 Å². The maximum Gasteiger partial charge on any atom is 0.338 e. The van der Waals surface area contributed by atoms with Crippen molar-refractivity contribution in [3.63, 3.8) is 0 Å². The average molecular weight is 542 g/mol. The summed E-state index contributed by atoms with van der Waals surface area (Å²) in [6, 6.07) is 17.1. The Balaban J connectivity index is 1.69. The molecule has 4 aromatic rings. The van der Waals surface area contributed by atoms with Crippen LogP contribution in [0.4, 0.5) is 5.69 Å². The van der Waals surface area contributed by atoms with Crippen LogP contribution in [0.1, 0.15) is 42.4 Å². The number of thiazole rings is 1. The van der Waals surface area contributed by atoms with Gasteiger partial charge in [0.05, 0.1) is 39.8 Å². The molecule has 0 spiro atoms. The largest absolute Gasteiger partial charge is 0.463 e. The molecule has 2 aromatic carbocycles. The van der Waals surface area contributed by atoms with Gasteiger partial charge in [0.15, 0.2) is 4.80 Å². The van der Waals surface area contributed by atoms with E-state index in [0.717, 1.165) is 33.9 Å². The van der Waals surface area contributed by atoms with Gasteiger partial charge in [-0.2, -0.15) is 5.10 Å². The first-order valence-corrected chi connectivity index (χ1v) is 13.6. The van der Waals surface area contributed by atoms with Crippen LogP contribution >= 0.6 is 11.3 Å². The molecule has 2 aromatic heterocycles. The number of aryl methyl sites for hydroxylation is 1. The highest BCUT2D eigenvalue weighted by Crippen LogP contribution is 2.31. The number of nitrogens with zero attached hydrogens (tertiary/aromatic N) is 5. The Bertz CT molecular complexity index is 1760. The summed E-state index contributed by atoms with van der Waals surface area (Å²) < 4.78 is 9.43. The fourth-order valence-electron chi connectivity index (χ4n) is 4.88. The highest BCUT2D eigenvalue weighted by atomic mass is 32.1. The predicted octanol–water partition coefficient (Wildman–Crippen LogP) is 3.67. The van der Waals surface area contributed by atoms with E-state index in [1.165, 1.54) is 11.3 Å². The first kappa shape index (κ1) is 26.4. The van der Waals surface area contributed by atoms with Crippen molar-refractivity contribution in [2.75, 3.05) is 25.6 Å². The first-order valence-electron chi connectivity index (χ1n) is 12.8. The van der Waals surface area contributed by atoms with Crippen LogP contribution in [0.25, 0.3) is 11.8 Å². The van der Waals surface area contributed by atoms with Crippen LogP contribution in [0.15, 0.2) is 75.7 Å². The summed E-state index contributed by atoms with van der Waals surface area (Å²) in [6.07, 6.45) is 1.89. The normalized spacial score (nSPS) is 15.2. The van der Waals surface area contributed by atoms with Gasteiger partial charge in [-0.25, -0.2) is 14.5 Å². The van der Waals surface area contributed by atoms with Gasteiger partial charge in [0, 0.05) is 31.0 Å². The molecule has 39 heavy (non-hydrogen) atoms. The molecule has 0 saturated heterocycles. The van der Waals surface area contributed by atoms with E-state index in [1.54, 1.807) is 18.4 Å². The van der Waals surface area contributed by atoms with Crippen LogP contribution in [0.2, 0.25) is 0 Å². The molecule has 0 saturated carbocycles. The highest BCUT2D eigenvalue weighted by Gasteiger charge is 2.33. The summed E-state index contributed by atoms with van der Waals surface area (Å²) in [6.45, 7) is 7.73. The smallest absolute Gasteiger partial charge is 0.338 e. The average Bonchev–Trinajstić information content (AvgIpc) is 3.38. The second kappa shape index (κ2) is 10.5. The first-order chi connectivity index (χ1) is 18.7. The van der Waals surface area contributed by atoms with E-state index in [9.17, 15) is 9.59 Å². The molecule has 5 rings (SSSR count). The SMILES string of the molecule is CCOC(=O)C1=C(C)N=c2sc(=Cc3c(C)nn(-c4ccccc4)c3C)c(=O)n2[C@@H]1c1ccc(N(C)C)cc1. The predicted molar refractivity (Wildman–Crippen MR) is 154 cm³/mol. The van der Waals surface area contributed by atoms with E-state index in [2.05, 4.69) is 4.99 Å². The number of aromatic nitrogens is 3. The number of allylic oxidation sites excluding steroid dienone is 1. The molecule has 8 nitrogen and oxygen atoms in total. The third kappa shape index (κ3) is 4.74. The fraction of sp³-hybridized carbons (Fsp3) is 0.267.